The average Bonchev–Trinajstić information content (AvgIpc) is 2.83. The Labute approximate surface area is 133 Å². The largest absolute Gasteiger partial charge is 0.482 e. The third-order valence-electron chi connectivity index (χ3n) is 3.06. The van der Waals surface area contributed by atoms with Crippen LogP contribution in [-0.4, -0.2) is 36.3 Å². The van der Waals surface area contributed by atoms with Crippen molar-refractivity contribution in [1.82, 2.24) is 14.9 Å². The zero-order chi connectivity index (χ0) is 17.0. The summed E-state index contributed by atoms with van der Waals surface area (Å²) in [6.07, 6.45) is 0. The number of nitrogens with one attached hydrogen (secondary N) is 2. The fourth-order valence-corrected chi connectivity index (χ4v) is 3.46. The van der Waals surface area contributed by atoms with Crippen LogP contribution in [0.3, 0.4) is 0 Å². The van der Waals surface area contributed by atoms with Gasteiger partial charge in [0.25, 0.3) is 0 Å². The number of nitrogens with zero attached hydrogens (tertiary/aromatic N) is 1. The number of rotatable bonds is 7. The first kappa shape index (κ1) is 17.0. The standard InChI is InChI=1S/C14H17N3O5S/c1-9-14(10(2)17-16-9)23(20,21)15-7-11-4-3-5-12(6-11)22-8-13(18)19/h3-6,15H,7-8H2,1-2H3,(H,16,17)(H,18,19). The summed E-state index contributed by atoms with van der Waals surface area (Å²) >= 11 is 0. The van der Waals surface area contributed by atoms with E-state index in [4.69, 9.17) is 9.84 Å². The number of aromatic nitrogens is 2. The van der Waals surface area contributed by atoms with E-state index < -0.39 is 22.6 Å². The highest BCUT2D eigenvalue weighted by Crippen LogP contribution is 2.18. The van der Waals surface area contributed by atoms with Crippen LogP contribution in [0.15, 0.2) is 29.2 Å². The lowest BCUT2D eigenvalue weighted by Crippen LogP contribution is -2.24. The van der Waals surface area contributed by atoms with Crippen LogP contribution in [0.2, 0.25) is 0 Å². The highest BCUT2D eigenvalue weighted by atomic mass is 32.2. The van der Waals surface area contributed by atoms with Gasteiger partial charge in [0, 0.05) is 6.54 Å². The summed E-state index contributed by atoms with van der Waals surface area (Å²) < 4.78 is 32.2. The molecular formula is C14H17N3O5S. The van der Waals surface area contributed by atoms with Crippen LogP contribution < -0.4 is 9.46 Å². The molecule has 3 N–H and O–H groups in total. The van der Waals surface area contributed by atoms with Gasteiger partial charge in [0.05, 0.1) is 11.4 Å². The summed E-state index contributed by atoms with van der Waals surface area (Å²) in [5, 5.41) is 15.1. The smallest absolute Gasteiger partial charge is 0.341 e. The zero-order valence-corrected chi connectivity index (χ0v) is 13.5. The summed E-state index contributed by atoms with van der Waals surface area (Å²) in [5.41, 5.74) is 1.51. The Morgan fingerprint density at radius 3 is 2.74 bits per heavy atom. The molecule has 0 aliphatic rings. The number of H-pyrrole nitrogens is 1. The van der Waals surface area contributed by atoms with Gasteiger partial charge >= 0.3 is 5.97 Å². The minimum absolute atomic E-state index is 0.0522. The number of ether oxygens (including phenoxy) is 1. The molecule has 0 unspecified atom stereocenters. The van der Waals surface area contributed by atoms with Crippen molar-refractivity contribution in [3.63, 3.8) is 0 Å². The maximum atomic E-state index is 12.3. The number of carbonyl (C=O) groups is 1. The molecule has 0 amide bonds. The third kappa shape index (κ3) is 4.30. The molecule has 0 radical (unpaired) electrons. The van der Waals surface area contributed by atoms with E-state index >= 15 is 0 Å². The van der Waals surface area contributed by atoms with E-state index in [9.17, 15) is 13.2 Å². The van der Waals surface area contributed by atoms with E-state index in [-0.39, 0.29) is 11.4 Å². The van der Waals surface area contributed by atoms with Crippen LogP contribution in [0.25, 0.3) is 0 Å². The number of benzene rings is 1. The maximum Gasteiger partial charge on any atom is 0.341 e. The summed E-state index contributed by atoms with van der Waals surface area (Å²) in [4.78, 5) is 10.6. The molecule has 1 aromatic heterocycles. The number of hydrogen-bond donors (Lipinski definition) is 3. The Bertz CT molecular complexity index is 794. The minimum Gasteiger partial charge on any atom is -0.482 e. The van der Waals surface area contributed by atoms with Gasteiger partial charge in [-0.3, -0.25) is 5.10 Å². The van der Waals surface area contributed by atoms with Crippen molar-refractivity contribution in [2.75, 3.05) is 6.61 Å². The van der Waals surface area contributed by atoms with Crippen molar-refractivity contribution in [2.24, 2.45) is 0 Å². The van der Waals surface area contributed by atoms with Crippen LogP contribution >= 0.6 is 0 Å². The maximum absolute atomic E-state index is 12.3. The number of aliphatic carboxylic acids is 1. The predicted octanol–water partition coefficient (Wildman–Crippen LogP) is 0.968. The number of aromatic amines is 1. The van der Waals surface area contributed by atoms with E-state index in [0.717, 1.165) is 0 Å². The lowest BCUT2D eigenvalue weighted by Gasteiger charge is -2.09. The number of carboxylic acid groups (broad SMARTS) is 1. The number of carboxylic acids is 1. The SMILES string of the molecule is Cc1n[nH]c(C)c1S(=O)(=O)NCc1cccc(OCC(=O)O)c1. The molecule has 1 aromatic carbocycles. The number of aryl methyl sites for hydroxylation is 2. The molecule has 0 fully saturated rings. The fourth-order valence-electron chi connectivity index (χ4n) is 2.08. The van der Waals surface area contributed by atoms with Gasteiger partial charge < -0.3 is 9.84 Å². The molecule has 9 heteroatoms. The zero-order valence-electron chi connectivity index (χ0n) is 12.7. The van der Waals surface area contributed by atoms with Gasteiger partial charge in [-0.15, -0.1) is 0 Å². The molecule has 0 bridgehead atoms. The molecule has 2 aromatic rings. The van der Waals surface area contributed by atoms with Crippen molar-refractivity contribution >= 4 is 16.0 Å². The highest BCUT2D eigenvalue weighted by molar-refractivity contribution is 7.89. The normalized spacial score (nSPS) is 11.4. The molecule has 0 saturated carbocycles. The van der Waals surface area contributed by atoms with Crippen molar-refractivity contribution in [1.29, 1.82) is 0 Å². The van der Waals surface area contributed by atoms with E-state index in [1.165, 1.54) is 0 Å². The summed E-state index contributed by atoms with van der Waals surface area (Å²) in [5.74, 6) is -0.721. The van der Waals surface area contributed by atoms with Gasteiger partial charge in [-0.25, -0.2) is 17.9 Å². The lowest BCUT2D eigenvalue weighted by atomic mass is 10.2. The average molecular weight is 339 g/mol. The molecule has 0 aliphatic heterocycles. The Hall–Kier alpha value is -2.39. The minimum atomic E-state index is -3.69. The second kappa shape index (κ2) is 6.80. The van der Waals surface area contributed by atoms with Gasteiger partial charge in [-0.2, -0.15) is 5.10 Å². The summed E-state index contributed by atoms with van der Waals surface area (Å²) in [6, 6.07) is 6.56. The van der Waals surface area contributed by atoms with Gasteiger partial charge in [0.2, 0.25) is 10.0 Å². The van der Waals surface area contributed by atoms with Gasteiger partial charge in [-0.1, -0.05) is 12.1 Å². The van der Waals surface area contributed by atoms with Crippen molar-refractivity contribution in [2.45, 2.75) is 25.3 Å². The molecule has 0 saturated heterocycles. The third-order valence-corrected chi connectivity index (χ3v) is 4.72. The van der Waals surface area contributed by atoms with Gasteiger partial charge in [0.15, 0.2) is 6.61 Å². The molecular weight excluding hydrogens is 322 g/mol. The predicted molar refractivity (Wildman–Crippen MR) is 81.7 cm³/mol. The van der Waals surface area contributed by atoms with Crippen molar-refractivity contribution < 1.29 is 23.1 Å². The van der Waals surface area contributed by atoms with Crippen LogP contribution in [0.1, 0.15) is 17.0 Å². The number of hydrogen-bond acceptors (Lipinski definition) is 5. The lowest BCUT2D eigenvalue weighted by molar-refractivity contribution is -0.139. The van der Waals surface area contributed by atoms with Gasteiger partial charge in [-0.05, 0) is 31.5 Å². The Morgan fingerprint density at radius 2 is 2.13 bits per heavy atom. The Morgan fingerprint density at radius 1 is 1.39 bits per heavy atom. The fraction of sp³-hybridized carbons (Fsp3) is 0.286. The summed E-state index contributed by atoms with van der Waals surface area (Å²) in [6.45, 7) is 2.84. The monoisotopic (exact) mass is 339 g/mol. The van der Waals surface area contributed by atoms with Crippen LogP contribution in [0.5, 0.6) is 5.75 Å². The van der Waals surface area contributed by atoms with Crippen LogP contribution in [0.4, 0.5) is 0 Å². The number of sulfonamides is 1. The first-order chi connectivity index (χ1) is 10.8. The van der Waals surface area contributed by atoms with Gasteiger partial charge in [0.1, 0.15) is 10.6 Å². The molecule has 2 rings (SSSR count). The topological polar surface area (TPSA) is 121 Å². The first-order valence-electron chi connectivity index (χ1n) is 6.74. The molecule has 8 nitrogen and oxygen atoms in total. The van der Waals surface area contributed by atoms with E-state index in [1.807, 2.05) is 0 Å². The van der Waals surface area contributed by atoms with E-state index in [2.05, 4.69) is 14.9 Å². The second-order valence-electron chi connectivity index (χ2n) is 4.92. The van der Waals surface area contributed by atoms with Crippen LogP contribution in [-0.2, 0) is 21.4 Å². The molecule has 0 spiro atoms. The van der Waals surface area contributed by atoms with E-state index in [0.29, 0.717) is 22.7 Å². The Balaban J connectivity index is 2.08. The van der Waals surface area contributed by atoms with Crippen molar-refractivity contribution in [3.8, 4) is 5.75 Å². The molecule has 1 heterocycles. The summed E-state index contributed by atoms with van der Waals surface area (Å²) in [7, 11) is -3.69. The first-order valence-corrected chi connectivity index (χ1v) is 8.22. The van der Waals surface area contributed by atoms with Crippen molar-refractivity contribution in [3.05, 3.63) is 41.2 Å². The van der Waals surface area contributed by atoms with Crippen LogP contribution in [0, 0.1) is 13.8 Å². The van der Waals surface area contributed by atoms with E-state index in [1.54, 1.807) is 38.1 Å². The second-order valence-corrected chi connectivity index (χ2v) is 6.62. The highest BCUT2D eigenvalue weighted by Gasteiger charge is 2.21. The quantitative estimate of drug-likeness (QED) is 0.691. The Kier molecular flexibility index (Phi) is 5.02. The molecule has 0 aliphatic carbocycles. The molecule has 124 valence electrons. The molecule has 23 heavy (non-hydrogen) atoms. The molecule has 0 atom stereocenters.